The summed E-state index contributed by atoms with van der Waals surface area (Å²) in [5, 5.41) is 15.3. The Morgan fingerprint density at radius 3 is 2.52 bits per heavy atom. The fourth-order valence-electron chi connectivity index (χ4n) is 3.94. The molecule has 0 radical (unpaired) electrons. The summed E-state index contributed by atoms with van der Waals surface area (Å²) in [6, 6.07) is 18.2. The van der Waals surface area contributed by atoms with Crippen LogP contribution >= 0.6 is 0 Å². The van der Waals surface area contributed by atoms with Crippen molar-refractivity contribution in [3.05, 3.63) is 93.7 Å². The van der Waals surface area contributed by atoms with Gasteiger partial charge in [0.1, 0.15) is 11.2 Å². The van der Waals surface area contributed by atoms with Gasteiger partial charge in [-0.3, -0.25) is 4.79 Å². The number of nitrogens with zero attached hydrogens (tertiary/aromatic N) is 3. The van der Waals surface area contributed by atoms with E-state index in [4.69, 9.17) is 4.98 Å². The van der Waals surface area contributed by atoms with Crippen LogP contribution < -0.4 is 5.56 Å². The second-order valence-corrected chi connectivity index (χ2v) is 8.19. The van der Waals surface area contributed by atoms with E-state index in [2.05, 4.69) is 22.2 Å². The summed E-state index contributed by atoms with van der Waals surface area (Å²) in [5.74, 6) is 0.594. The third-order valence-corrected chi connectivity index (χ3v) is 5.68. The molecule has 0 fully saturated rings. The van der Waals surface area contributed by atoms with Crippen LogP contribution in [0.2, 0.25) is 0 Å². The highest BCUT2D eigenvalue weighted by Crippen LogP contribution is 2.23. The molecule has 0 saturated heterocycles. The van der Waals surface area contributed by atoms with E-state index in [9.17, 15) is 9.90 Å². The summed E-state index contributed by atoms with van der Waals surface area (Å²) in [4.78, 5) is 20.2. The number of aryl methyl sites for hydroxylation is 2. The normalized spacial score (nSPS) is 13.4. The molecule has 0 aliphatic rings. The number of hydrogen-bond donors (Lipinski definition) is 2. The quantitative estimate of drug-likeness (QED) is 0.455. The fourth-order valence-corrected chi connectivity index (χ4v) is 3.94. The molecule has 6 nitrogen and oxygen atoms in total. The maximum absolute atomic E-state index is 12.6. The predicted molar refractivity (Wildman–Crippen MR) is 122 cm³/mol. The van der Waals surface area contributed by atoms with Crippen LogP contribution in [-0.4, -0.2) is 31.0 Å². The molecule has 0 aliphatic carbocycles. The van der Waals surface area contributed by atoms with Crippen LogP contribution in [0, 0.1) is 6.92 Å². The van der Waals surface area contributed by atoms with Crippen molar-refractivity contribution in [2.75, 3.05) is 0 Å². The summed E-state index contributed by atoms with van der Waals surface area (Å²) in [6.45, 7) is 3.81. The Kier molecular flexibility index (Phi) is 6.28. The highest BCUT2D eigenvalue weighted by Gasteiger charge is 2.22. The molecule has 6 heteroatoms. The van der Waals surface area contributed by atoms with Crippen molar-refractivity contribution >= 4 is 11.0 Å². The number of aliphatic hydroxyl groups excluding tert-OH is 1. The van der Waals surface area contributed by atoms with E-state index >= 15 is 0 Å². The topological polar surface area (TPSA) is 83.8 Å². The summed E-state index contributed by atoms with van der Waals surface area (Å²) in [5.41, 5.74) is 3.86. The van der Waals surface area contributed by atoms with Crippen molar-refractivity contribution < 1.29 is 5.11 Å². The molecule has 160 valence electrons. The van der Waals surface area contributed by atoms with Crippen molar-refractivity contribution in [1.82, 2.24) is 19.7 Å². The first-order chi connectivity index (χ1) is 15.0. The van der Waals surface area contributed by atoms with Crippen LogP contribution in [0.5, 0.6) is 0 Å². The summed E-state index contributed by atoms with van der Waals surface area (Å²) < 4.78 is 1.72. The lowest BCUT2D eigenvalue weighted by Crippen LogP contribution is -2.24. The van der Waals surface area contributed by atoms with E-state index < -0.39 is 6.10 Å². The highest BCUT2D eigenvalue weighted by atomic mass is 16.3. The van der Waals surface area contributed by atoms with E-state index in [1.807, 2.05) is 49.4 Å². The molecular weight excluding hydrogens is 388 g/mol. The van der Waals surface area contributed by atoms with Gasteiger partial charge in [-0.25, -0.2) is 9.67 Å². The molecule has 4 rings (SSSR count). The molecule has 31 heavy (non-hydrogen) atoms. The minimum atomic E-state index is -0.611. The van der Waals surface area contributed by atoms with Gasteiger partial charge in [0.05, 0.1) is 18.3 Å². The number of nitrogens with one attached hydrogen (secondary N) is 1. The van der Waals surface area contributed by atoms with Crippen LogP contribution in [-0.2, 0) is 12.8 Å². The largest absolute Gasteiger partial charge is 0.391 e. The zero-order valence-electron chi connectivity index (χ0n) is 18.0. The standard InChI is InChI=1S/C25H28N4O2/c1-17-11-13-20(14-12-17)15-23-27-24-21(25(31)28-23)16-26-29(24)22(18(2)30)10-6-9-19-7-4-3-5-8-19/h3-5,7-8,11-14,16,18,22,30H,6,9-10,15H2,1-2H3,(H,27,28,31). The Balaban J connectivity index is 1.59. The molecule has 2 unspecified atom stereocenters. The number of rotatable bonds is 8. The van der Waals surface area contributed by atoms with Crippen molar-refractivity contribution in [3.63, 3.8) is 0 Å². The minimum absolute atomic E-state index is 0.202. The molecule has 0 bridgehead atoms. The number of aromatic amines is 1. The predicted octanol–water partition coefficient (Wildman–Crippen LogP) is 3.96. The summed E-state index contributed by atoms with van der Waals surface area (Å²) in [6.07, 6.45) is 4.04. The van der Waals surface area contributed by atoms with Gasteiger partial charge in [-0.1, -0.05) is 60.2 Å². The van der Waals surface area contributed by atoms with Crippen LogP contribution in [0.15, 0.2) is 65.6 Å². The monoisotopic (exact) mass is 416 g/mol. The van der Waals surface area contributed by atoms with Gasteiger partial charge in [-0.2, -0.15) is 5.10 Å². The van der Waals surface area contributed by atoms with Crippen LogP contribution in [0.25, 0.3) is 11.0 Å². The molecule has 0 spiro atoms. The lowest BCUT2D eigenvalue weighted by atomic mass is 10.0. The van der Waals surface area contributed by atoms with Gasteiger partial charge >= 0.3 is 0 Å². The Hall–Kier alpha value is -3.25. The van der Waals surface area contributed by atoms with E-state index in [1.165, 1.54) is 11.1 Å². The van der Waals surface area contributed by atoms with E-state index in [-0.39, 0.29) is 11.6 Å². The van der Waals surface area contributed by atoms with Crippen LogP contribution in [0.1, 0.15) is 48.3 Å². The minimum Gasteiger partial charge on any atom is -0.391 e. The molecule has 2 aromatic carbocycles. The third kappa shape index (κ3) is 4.91. The SMILES string of the molecule is Cc1ccc(Cc2nc3c(cnn3C(CCCc3ccccc3)C(C)O)c(=O)[nH]2)cc1. The maximum atomic E-state index is 12.6. The number of H-pyrrole nitrogens is 1. The van der Waals surface area contributed by atoms with Crippen molar-refractivity contribution in [1.29, 1.82) is 0 Å². The molecule has 2 atom stereocenters. The summed E-state index contributed by atoms with van der Waals surface area (Å²) >= 11 is 0. The Labute approximate surface area is 181 Å². The van der Waals surface area contributed by atoms with Gasteiger partial charge in [0.15, 0.2) is 5.65 Å². The average molecular weight is 417 g/mol. The Morgan fingerprint density at radius 1 is 1.06 bits per heavy atom. The van der Waals surface area contributed by atoms with E-state index in [1.54, 1.807) is 17.8 Å². The number of aromatic nitrogens is 4. The fraction of sp³-hybridized carbons (Fsp3) is 0.320. The zero-order chi connectivity index (χ0) is 21.8. The second kappa shape index (κ2) is 9.27. The van der Waals surface area contributed by atoms with Gasteiger partial charge in [0.2, 0.25) is 0 Å². The van der Waals surface area contributed by atoms with E-state index in [0.717, 1.165) is 24.8 Å². The lowest BCUT2D eigenvalue weighted by molar-refractivity contribution is 0.118. The average Bonchev–Trinajstić information content (AvgIpc) is 3.17. The van der Waals surface area contributed by atoms with Gasteiger partial charge in [0.25, 0.3) is 5.56 Å². The second-order valence-electron chi connectivity index (χ2n) is 8.19. The molecule has 4 aromatic rings. The molecular formula is C25H28N4O2. The zero-order valence-corrected chi connectivity index (χ0v) is 18.0. The first-order valence-corrected chi connectivity index (χ1v) is 10.7. The molecule has 0 amide bonds. The highest BCUT2D eigenvalue weighted by molar-refractivity contribution is 5.73. The Bertz CT molecular complexity index is 1190. The van der Waals surface area contributed by atoms with Crippen molar-refractivity contribution in [2.24, 2.45) is 0 Å². The molecule has 2 heterocycles. The smallest absolute Gasteiger partial charge is 0.262 e. The van der Waals surface area contributed by atoms with Crippen LogP contribution in [0.3, 0.4) is 0 Å². The lowest BCUT2D eigenvalue weighted by Gasteiger charge is -2.21. The van der Waals surface area contributed by atoms with Gasteiger partial charge in [-0.15, -0.1) is 0 Å². The Morgan fingerprint density at radius 2 is 1.81 bits per heavy atom. The van der Waals surface area contributed by atoms with Gasteiger partial charge in [-0.05, 0) is 44.2 Å². The number of benzene rings is 2. The van der Waals surface area contributed by atoms with Crippen molar-refractivity contribution in [3.8, 4) is 0 Å². The molecule has 0 aliphatic heterocycles. The number of aliphatic hydroxyl groups is 1. The first kappa shape index (κ1) is 21.0. The molecule has 0 saturated carbocycles. The number of fused-ring (bicyclic) bond motifs is 1. The molecule has 2 aromatic heterocycles. The summed E-state index contributed by atoms with van der Waals surface area (Å²) in [7, 11) is 0. The van der Waals surface area contributed by atoms with Crippen LogP contribution in [0.4, 0.5) is 0 Å². The maximum Gasteiger partial charge on any atom is 0.262 e. The van der Waals surface area contributed by atoms with Crippen molar-refractivity contribution in [2.45, 2.75) is 51.7 Å². The van der Waals surface area contributed by atoms with Gasteiger partial charge < -0.3 is 10.1 Å². The van der Waals surface area contributed by atoms with E-state index in [0.29, 0.717) is 23.3 Å². The molecule has 2 N–H and O–H groups in total. The first-order valence-electron chi connectivity index (χ1n) is 10.7. The number of hydrogen-bond acceptors (Lipinski definition) is 4. The van der Waals surface area contributed by atoms with Gasteiger partial charge in [0, 0.05) is 6.42 Å². The third-order valence-electron chi connectivity index (χ3n) is 5.68.